The van der Waals surface area contributed by atoms with Crippen molar-refractivity contribution >= 4 is 12.0 Å². The summed E-state index contributed by atoms with van der Waals surface area (Å²) in [7, 11) is 0. The van der Waals surface area contributed by atoms with Gasteiger partial charge in [-0.2, -0.15) is 0 Å². The lowest BCUT2D eigenvalue weighted by Gasteiger charge is -2.31. The van der Waals surface area contributed by atoms with E-state index in [1.165, 1.54) is 0 Å². The molecule has 19 heavy (non-hydrogen) atoms. The first kappa shape index (κ1) is 14.2. The molecule has 2 unspecified atom stereocenters. The van der Waals surface area contributed by atoms with Crippen molar-refractivity contribution in [1.82, 2.24) is 10.6 Å². The maximum atomic E-state index is 12.0. The lowest BCUT2D eigenvalue weighted by Crippen LogP contribution is -2.55. The van der Waals surface area contributed by atoms with Crippen molar-refractivity contribution in [3.63, 3.8) is 0 Å². The van der Waals surface area contributed by atoms with Crippen LogP contribution in [0.2, 0.25) is 0 Å². The number of carboxylic acids is 1. The summed E-state index contributed by atoms with van der Waals surface area (Å²) >= 11 is 0. The molecular formula is C14H24N2O3. The molecule has 2 fully saturated rings. The first-order valence-electron chi connectivity index (χ1n) is 7.08. The molecule has 2 saturated carbocycles. The first-order valence-corrected chi connectivity index (χ1v) is 7.08. The van der Waals surface area contributed by atoms with Crippen molar-refractivity contribution in [2.45, 2.75) is 64.5 Å². The van der Waals surface area contributed by atoms with E-state index in [0.717, 1.165) is 25.7 Å². The minimum Gasteiger partial charge on any atom is -0.481 e. The van der Waals surface area contributed by atoms with E-state index in [4.69, 9.17) is 0 Å². The highest BCUT2D eigenvalue weighted by Crippen LogP contribution is 2.40. The van der Waals surface area contributed by atoms with Gasteiger partial charge in [0.25, 0.3) is 0 Å². The molecule has 2 atom stereocenters. The van der Waals surface area contributed by atoms with E-state index in [1.807, 2.05) is 13.8 Å². The first-order chi connectivity index (χ1) is 8.75. The third-order valence-electron chi connectivity index (χ3n) is 4.79. The molecule has 0 spiro atoms. The lowest BCUT2D eigenvalue weighted by molar-refractivity contribution is -0.148. The fourth-order valence-corrected chi connectivity index (χ4v) is 3.05. The molecule has 0 heterocycles. The molecule has 3 N–H and O–H groups in total. The van der Waals surface area contributed by atoms with Gasteiger partial charge in [0.05, 0.1) is 5.41 Å². The Bertz CT molecular complexity index is 390. The molecule has 0 radical (unpaired) electrons. The van der Waals surface area contributed by atoms with Crippen LogP contribution in [0.1, 0.15) is 52.9 Å². The Morgan fingerprint density at radius 2 is 1.89 bits per heavy atom. The number of urea groups is 1. The Labute approximate surface area is 114 Å². The molecule has 5 nitrogen and oxygen atoms in total. The zero-order chi connectivity index (χ0) is 14.3. The van der Waals surface area contributed by atoms with E-state index >= 15 is 0 Å². The van der Waals surface area contributed by atoms with Crippen LogP contribution in [0.3, 0.4) is 0 Å². The minimum absolute atomic E-state index is 0.206. The van der Waals surface area contributed by atoms with Gasteiger partial charge in [-0.25, -0.2) is 4.79 Å². The van der Waals surface area contributed by atoms with E-state index in [0.29, 0.717) is 12.3 Å². The fraction of sp³-hybridized carbons (Fsp3) is 0.857. The predicted octanol–water partition coefficient (Wildman–Crippen LogP) is 2.12. The summed E-state index contributed by atoms with van der Waals surface area (Å²) in [5, 5.41) is 15.2. The maximum absolute atomic E-state index is 12.0. The van der Waals surface area contributed by atoms with Crippen molar-refractivity contribution < 1.29 is 14.7 Å². The number of carbonyl (C=O) groups excluding carboxylic acids is 1. The second-order valence-corrected chi connectivity index (χ2v) is 6.76. The Balaban J connectivity index is 1.93. The summed E-state index contributed by atoms with van der Waals surface area (Å²) < 4.78 is 0. The van der Waals surface area contributed by atoms with Gasteiger partial charge < -0.3 is 15.7 Å². The Kier molecular flexibility index (Phi) is 3.49. The number of hydrogen-bond acceptors (Lipinski definition) is 2. The van der Waals surface area contributed by atoms with E-state index < -0.39 is 11.4 Å². The molecule has 0 bridgehead atoms. The highest BCUT2D eigenvalue weighted by atomic mass is 16.4. The predicted molar refractivity (Wildman–Crippen MR) is 71.9 cm³/mol. The Hall–Kier alpha value is -1.26. The minimum atomic E-state index is -0.832. The number of rotatable bonds is 4. The van der Waals surface area contributed by atoms with Gasteiger partial charge in [0.15, 0.2) is 0 Å². The molecule has 2 amide bonds. The lowest BCUT2D eigenvalue weighted by atomic mass is 9.85. The van der Waals surface area contributed by atoms with Crippen molar-refractivity contribution in [2.24, 2.45) is 11.3 Å². The van der Waals surface area contributed by atoms with Gasteiger partial charge in [-0.1, -0.05) is 6.42 Å². The van der Waals surface area contributed by atoms with Crippen LogP contribution < -0.4 is 10.6 Å². The zero-order valence-corrected chi connectivity index (χ0v) is 12.0. The van der Waals surface area contributed by atoms with E-state index in [2.05, 4.69) is 10.6 Å². The Morgan fingerprint density at radius 1 is 1.26 bits per heavy atom. The van der Waals surface area contributed by atoms with Crippen LogP contribution >= 0.6 is 0 Å². The van der Waals surface area contributed by atoms with Crippen LogP contribution in [0, 0.1) is 11.3 Å². The monoisotopic (exact) mass is 268 g/mol. The van der Waals surface area contributed by atoms with Gasteiger partial charge in [0.1, 0.15) is 0 Å². The van der Waals surface area contributed by atoms with Crippen LogP contribution in [-0.2, 0) is 4.79 Å². The van der Waals surface area contributed by atoms with Crippen molar-refractivity contribution in [3.8, 4) is 0 Å². The van der Waals surface area contributed by atoms with Gasteiger partial charge in [0.2, 0.25) is 0 Å². The molecule has 5 heteroatoms. The molecule has 2 aliphatic rings. The molecule has 0 aromatic rings. The molecule has 0 aromatic carbocycles. The summed E-state index contributed by atoms with van der Waals surface area (Å²) in [5.41, 5.74) is -1.04. The quantitative estimate of drug-likeness (QED) is 0.730. The highest BCUT2D eigenvalue weighted by Gasteiger charge is 2.46. The van der Waals surface area contributed by atoms with Gasteiger partial charge >= 0.3 is 12.0 Å². The average molecular weight is 268 g/mol. The second kappa shape index (κ2) is 4.69. The Morgan fingerprint density at radius 3 is 2.42 bits per heavy atom. The normalized spacial score (nSPS) is 31.0. The van der Waals surface area contributed by atoms with Crippen LogP contribution in [0.15, 0.2) is 0 Å². The maximum Gasteiger partial charge on any atom is 0.315 e. The molecule has 2 rings (SSSR count). The van der Waals surface area contributed by atoms with E-state index in [9.17, 15) is 14.7 Å². The summed E-state index contributed by atoms with van der Waals surface area (Å²) in [6.45, 7) is 5.77. The summed E-state index contributed by atoms with van der Waals surface area (Å²) in [6.07, 6.45) is 4.52. The van der Waals surface area contributed by atoms with Gasteiger partial charge in [0, 0.05) is 11.6 Å². The number of hydrogen-bond donors (Lipinski definition) is 3. The van der Waals surface area contributed by atoms with Crippen LogP contribution in [0.5, 0.6) is 0 Å². The van der Waals surface area contributed by atoms with Gasteiger partial charge in [-0.05, 0) is 52.4 Å². The van der Waals surface area contributed by atoms with Gasteiger partial charge in [-0.15, -0.1) is 0 Å². The summed E-state index contributed by atoms with van der Waals surface area (Å²) in [4.78, 5) is 23.4. The highest BCUT2D eigenvalue weighted by molar-refractivity contribution is 5.79. The van der Waals surface area contributed by atoms with Crippen LogP contribution in [0.25, 0.3) is 0 Å². The second-order valence-electron chi connectivity index (χ2n) is 6.76. The number of amides is 2. The molecule has 0 aromatic heterocycles. The van der Waals surface area contributed by atoms with Crippen LogP contribution in [-0.4, -0.2) is 28.7 Å². The van der Waals surface area contributed by atoms with E-state index in [-0.39, 0.29) is 17.6 Å². The molecule has 108 valence electrons. The fourth-order valence-electron chi connectivity index (χ4n) is 3.05. The average Bonchev–Trinajstić information content (AvgIpc) is 3.06. The van der Waals surface area contributed by atoms with Crippen LogP contribution in [0.4, 0.5) is 4.79 Å². The smallest absolute Gasteiger partial charge is 0.315 e. The van der Waals surface area contributed by atoms with Crippen molar-refractivity contribution in [3.05, 3.63) is 0 Å². The van der Waals surface area contributed by atoms with Gasteiger partial charge in [-0.3, -0.25) is 4.79 Å². The standard InChI is InChI=1S/C14H24N2O3/c1-13(2,9-6-7-9)16-12(19)15-10-5-4-8-14(10,3)11(17)18/h9-10H,4-8H2,1-3H3,(H,17,18)(H2,15,16,19). The largest absolute Gasteiger partial charge is 0.481 e. The van der Waals surface area contributed by atoms with E-state index in [1.54, 1.807) is 6.92 Å². The molecule has 0 saturated heterocycles. The van der Waals surface area contributed by atoms with Crippen molar-refractivity contribution in [1.29, 1.82) is 0 Å². The summed E-state index contributed by atoms with van der Waals surface area (Å²) in [6, 6.07) is -0.517. The zero-order valence-electron chi connectivity index (χ0n) is 12.0. The molecular weight excluding hydrogens is 244 g/mol. The van der Waals surface area contributed by atoms with Crippen molar-refractivity contribution in [2.75, 3.05) is 0 Å². The molecule has 0 aliphatic heterocycles. The number of aliphatic carboxylic acids is 1. The number of nitrogens with one attached hydrogen (secondary N) is 2. The summed E-state index contributed by atoms with van der Waals surface area (Å²) in [5.74, 6) is -0.274. The molecule has 2 aliphatic carbocycles. The topological polar surface area (TPSA) is 78.4 Å². The third kappa shape index (κ3) is 2.85. The SMILES string of the molecule is CC(C)(NC(=O)NC1CCCC1(C)C(=O)O)C1CC1. The number of carbonyl (C=O) groups is 2. The third-order valence-corrected chi connectivity index (χ3v) is 4.79. The number of carboxylic acid groups (broad SMARTS) is 1.